The Kier molecular flexibility index (Phi) is 3.61. The van der Waals surface area contributed by atoms with Gasteiger partial charge in [0.1, 0.15) is 17.2 Å². The van der Waals surface area contributed by atoms with Gasteiger partial charge in [-0.1, -0.05) is 29.3 Å². The Hall–Kier alpha value is -1.98. The van der Waals surface area contributed by atoms with E-state index in [0.29, 0.717) is 32.9 Å². The first kappa shape index (κ1) is 14.0. The predicted octanol–water partition coefficient (Wildman–Crippen LogP) is 5.50. The Labute approximate surface area is 129 Å². The molecular formula is C14H9Cl2FN4. The summed E-state index contributed by atoms with van der Waals surface area (Å²) in [5.74, 6) is 0.0673. The lowest BCUT2D eigenvalue weighted by atomic mass is 10.3. The van der Waals surface area contributed by atoms with Crippen LogP contribution < -0.4 is 0 Å². The number of fused-ring (bicyclic) bond motifs is 1. The van der Waals surface area contributed by atoms with E-state index in [0.717, 1.165) is 0 Å². The third kappa shape index (κ3) is 2.62. The molecule has 2 heterocycles. The quantitative estimate of drug-likeness (QED) is 0.574. The number of aromatic nitrogens is 2. The summed E-state index contributed by atoms with van der Waals surface area (Å²) in [5, 5.41) is 8.92. The van der Waals surface area contributed by atoms with Crippen molar-refractivity contribution in [3.05, 3.63) is 58.1 Å². The third-order valence-electron chi connectivity index (χ3n) is 2.91. The summed E-state index contributed by atoms with van der Waals surface area (Å²) in [7, 11) is 0. The second kappa shape index (κ2) is 5.42. The van der Waals surface area contributed by atoms with Crippen molar-refractivity contribution in [1.82, 2.24) is 9.38 Å². The molecule has 4 nitrogen and oxygen atoms in total. The van der Waals surface area contributed by atoms with Crippen LogP contribution in [-0.2, 0) is 0 Å². The fourth-order valence-corrected chi connectivity index (χ4v) is 2.25. The van der Waals surface area contributed by atoms with Crippen molar-refractivity contribution >= 4 is 40.4 Å². The van der Waals surface area contributed by atoms with Crippen molar-refractivity contribution in [2.24, 2.45) is 10.2 Å². The van der Waals surface area contributed by atoms with Crippen LogP contribution in [0.25, 0.3) is 5.65 Å². The molecule has 7 heteroatoms. The summed E-state index contributed by atoms with van der Waals surface area (Å²) in [6.07, 6.45) is 1.31. The van der Waals surface area contributed by atoms with Crippen molar-refractivity contribution in [2.45, 2.75) is 6.92 Å². The van der Waals surface area contributed by atoms with Crippen molar-refractivity contribution in [3.63, 3.8) is 0 Å². The van der Waals surface area contributed by atoms with Gasteiger partial charge in [-0.15, -0.1) is 10.2 Å². The van der Waals surface area contributed by atoms with E-state index in [-0.39, 0.29) is 5.82 Å². The smallest absolute Gasteiger partial charge is 0.182 e. The number of halogens is 3. The summed E-state index contributed by atoms with van der Waals surface area (Å²) < 4.78 is 14.9. The average molecular weight is 323 g/mol. The largest absolute Gasteiger partial charge is 0.280 e. The fourth-order valence-electron chi connectivity index (χ4n) is 1.92. The zero-order valence-electron chi connectivity index (χ0n) is 10.9. The molecule has 0 saturated heterocycles. The van der Waals surface area contributed by atoms with Crippen molar-refractivity contribution in [1.29, 1.82) is 0 Å². The molecule has 0 amide bonds. The summed E-state index contributed by atoms with van der Waals surface area (Å²) >= 11 is 12.0. The molecule has 3 aromatic rings. The maximum absolute atomic E-state index is 13.3. The van der Waals surface area contributed by atoms with Crippen LogP contribution in [-0.4, -0.2) is 9.38 Å². The molecule has 0 atom stereocenters. The third-order valence-corrected chi connectivity index (χ3v) is 3.72. The van der Waals surface area contributed by atoms with Crippen molar-refractivity contribution in [2.75, 3.05) is 0 Å². The highest BCUT2D eigenvalue weighted by Gasteiger charge is 2.09. The molecule has 0 aliphatic rings. The molecule has 21 heavy (non-hydrogen) atoms. The van der Waals surface area contributed by atoms with Crippen molar-refractivity contribution < 1.29 is 4.39 Å². The first-order valence-corrected chi connectivity index (χ1v) is 6.82. The Morgan fingerprint density at radius 1 is 1.14 bits per heavy atom. The van der Waals surface area contributed by atoms with Gasteiger partial charge in [0.2, 0.25) is 0 Å². The van der Waals surface area contributed by atoms with Crippen LogP contribution in [0.3, 0.4) is 0 Å². The van der Waals surface area contributed by atoms with E-state index >= 15 is 0 Å². The first-order valence-electron chi connectivity index (χ1n) is 6.06. The van der Waals surface area contributed by atoms with Gasteiger partial charge in [-0.25, -0.2) is 9.37 Å². The van der Waals surface area contributed by atoms with Crippen LogP contribution in [0.15, 0.2) is 46.8 Å². The van der Waals surface area contributed by atoms with Gasteiger partial charge in [0.25, 0.3) is 0 Å². The number of nitrogens with zero attached hydrogens (tertiary/aromatic N) is 4. The van der Waals surface area contributed by atoms with Gasteiger partial charge in [-0.3, -0.25) is 4.40 Å². The highest BCUT2D eigenvalue weighted by Crippen LogP contribution is 2.33. The van der Waals surface area contributed by atoms with E-state index in [1.54, 1.807) is 31.2 Å². The summed E-state index contributed by atoms with van der Waals surface area (Å²) in [6, 6.07) is 8.00. The molecule has 3 rings (SSSR count). The molecule has 0 N–H and O–H groups in total. The second-order valence-electron chi connectivity index (χ2n) is 4.37. The molecule has 2 aromatic heterocycles. The SMILES string of the molecule is Cc1nc2ccc(F)cn2c1N=Nc1cccc(Cl)c1Cl. The molecule has 0 unspecified atom stereocenters. The second-order valence-corrected chi connectivity index (χ2v) is 5.15. The minimum Gasteiger partial charge on any atom is -0.280 e. The number of benzene rings is 1. The van der Waals surface area contributed by atoms with Crippen LogP contribution in [0.4, 0.5) is 15.9 Å². The number of azo groups is 1. The van der Waals surface area contributed by atoms with Crippen LogP contribution in [0, 0.1) is 12.7 Å². The molecule has 0 spiro atoms. The molecular weight excluding hydrogens is 314 g/mol. The average Bonchev–Trinajstić information content (AvgIpc) is 2.76. The number of hydrogen-bond donors (Lipinski definition) is 0. The maximum atomic E-state index is 13.3. The fraction of sp³-hybridized carbons (Fsp3) is 0.0714. The molecule has 0 aliphatic carbocycles. The number of rotatable bonds is 2. The zero-order valence-corrected chi connectivity index (χ0v) is 12.4. The van der Waals surface area contributed by atoms with E-state index < -0.39 is 0 Å². The van der Waals surface area contributed by atoms with E-state index in [1.165, 1.54) is 16.7 Å². The lowest BCUT2D eigenvalue weighted by molar-refractivity contribution is 0.619. The molecule has 0 fully saturated rings. The Morgan fingerprint density at radius 3 is 2.76 bits per heavy atom. The van der Waals surface area contributed by atoms with Crippen LogP contribution >= 0.6 is 23.2 Å². The first-order chi connectivity index (χ1) is 10.1. The topological polar surface area (TPSA) is 42.0 Å². The number of imidazole rings is 1. The lowest BCUT2D eigenvalue weighted by Crippen LogP contribution is -1.85. The molecule has 0 bridgehead atoms. The highest BCUT2D eigenvalue weighted by atomic mass is 35.5. The van der Waals surface area contributed by atoms with Crippen LogP contribution in [0.1, 0.15) is 5.69 Å². The van der Waals surface area contributed by atoms with Gasteiger partial charge in [0, 0.05) is 6.20 Å². The normalized spacial score (nSPS) is 11.6. The molecule has 0 radical (unpaired) electrons. The van der Waals surface area contributed by atoms with Crippen LogP contribution in [0.2, 0.25) is 10.0 Å². The predicted molar refractivity (Wildman–Crippen MR) is 80.5 cm³/mol. The van der Waals surface area contributed by atoms with E-state index in [4.69, 9.17) is 23.2 Å². The minimum atomic E-state index is -0.378. The molecule has 0 aliphatic heterocycles. The summed E-state index contributed by atoms with van der Waals surface area (Å²) in [5.41, 5.74) is 1.68. The lowest BCUT2D eigenvalue weighted by Gasteiger charge is -1.99. The molecule has 1 aromatic carbocycles. The van der Waals surface area contributed by atoms with Gasteiger partial charge in [0.15, 0.2) is 5.82 Å². The van der Waals surface area contributed by atoms with Crippen molar-refractivity contribution in [3.8, 4) is 0 Å². The van der Waals surface area contributed by atoms with Gasteiger partial charge in [-0.05, 0) is 31.2 Å². The van der Waals surface area contributed by atoms with Crippen LogP contribution in [0.5, 0.6) is 0 Å². The zero-order chi connectivity index (χ0) is 15.0. The minimum absolute atomic E-state index is 0.320. The monoisotopic (exact) mass is 322 g/mol. The summed E-state index contributed by atoms with van der Waals surface area (Å²) in [6.45, 7) is 1.78. The Bertz CT molecular complexity index is 858. The van der Waals surface area contributed by atoms with Gasteiger partial charge in [0.05, 0.1) is 15.7 Å². The van der Waals surface area contributed by atoms with Gasteiger partial charge in [-0.2, -0.15) is 0 Å². The molecule has 106 valence electrons. The Balaban J connectivity index is 2.09. The highest BCUT2D eigenvalue weighted by molar-refractivity contribution is 6.43. The number of hydrogen-bond acceptors (Lipinski definition) is 3. The molecule has 0 saturated carbocycles. The number of aryl methyl sites for hydroxylation is 1. The van der Waals surface area contributed by atoms with E-state index in [2.05, 4.69) is 15.2 Å². The van der Waals surface area contributed by atoms with Gasteiger partial charge < -0.3 is 0 Å². The number of pyridine rings is 1. The summed E-state index contributed by atoms with van der Waals surface area (Å²) in [4.78, 5) is 4.29. The Morgan fingerprint density at radius 2 is 1.95 bits per heavy atom. The standard InChI is InChI=1S/C14H9Cl2FN4/c1-8-14(21-7-9(17)5-6-12(21)18-8)20-19-11-4-2-3-10(15)13(11)16/h2-7H,1H3. The van der Waals surface area contributed by atoms with E-state index in [1.807, 2.05) is 0 Å². The maximum Gasteiger partial charge on any atom is 0.182 e. The van der Waals surface area contributed by atoms with E-state index in [9.17, 15) is 4.39 Å². The van der Waals surface area contributed by atoms with Gasteiger partial charge >= 0.3 is 0 Å².